The smallest absolute Gasteiger partial charge is 0.373 e. The van der Waals surface area contributed by atoms with E-state index in [2.05, 4.69) is 0 Å². The number of ether oxygens (including phenoxy) is 2. The fraction of sp³-hybridized carbons (Fsp3) is 0.0952. The summed E-state index contributed by atoms with van der Waals surface area (Å²) in [5.74, 6) is -0.761. The molecule has 0 saturated carbocycles. The normalized spacial score (nSPS) is 17.8. The molecule has 1 heterocycles. The average molecular weight is 367 g/mol. The highest BCUT2D eigenvalue weighted by molar-refractivity contribution is 6.30. The Hall–Kier alpha value is -2.82. The first-order valence-electron chi connectivity index (χ1n) is 8.09. The van der Waals surface area contributed by atoms with Crippen LogP contribution in [0.5, 0.6) is 5.75 Å². The van der Waals surface area contributed by atoms with Crippen molar-refractivity contribution in [1.82, 2.24) is 0 Å². The van der Waals surface area contributed by atoms with E-state index in [-0.39, 0.29) is 0 Å². The lowest BCUT2D eigenvalue weighted by atomic mass is 9.79. The van der Waals surface area contributed by atoms with Crippen molar-refractivity contribution in [3.05, 3.63) is 101 Å². The first kappa shape index (κ1) is 16.6. The van der Waals surface area contributed by atoms with Crippen molar-refractivity contribution in [2.75, 3.05) is 0 Å². The number of hydrogen-bond donors (Lipinski definition) is 1. The number of carbonyl (C=O) groups is 1. The molecule has 0 radical (unpaired) electrons. The molecule has 3 aromatic carbocycles. The third kappa shape index (κ3) is 2.64. The molecule has 4 rings (SSSR count). The second-order valence-electron chi connectivity index (χ2n) is 5.96. The topological polar surface area (TPSA) is 55.8 Å². The number of aliphatic carboxylic acids is 1. The molecule has 0 bridgehead atoms. The van der Waals surface area contributed by atoms with Gasteiger partial charge in [0.2, 0.25) is 0 Å². The molecular formula is C21H15ClO4. The molecule has 5 heteroatoms. The summed E-state index contributed by atoms with van der Waals surface area (Å²) in [7, 11) is 0. The summed E-state index contributed by atoms with van der Waals surface area (Å²) in [6.45, 7) is 0. The van der Waals surface area contributed by atoms with Crippen LogP contribution in [-0.2, 0) is 15.1 Å². The van der Waals surface area contributed by atoms with Gasteiger partial charge in [-0.15, -0.1) is 0 Å². The maximum absolute atomic E-state index is 11.7. The predicted octanol–water partition coefficient (Wildman–Crippen LogP) is 4.45. The molecule has 0 aliphatic carbocycles. The van der Waals surface area contributed by atoms with Crippen LogP contribution in [0, 0.1) is 0 Å². The zero-order chi connectivity index (χ0) is 18.1. The number of rotatable bonds is 3. The van der Waals surface area contributed by atoms with Crippen molar-refractivity contribution < 1.29 is 19.4 Å². The summed E-state index contributed by atoms with van der Waals surface area (Å²) in [5.41, 5.74) is 1.11. The minimum atomic E-state index is -1.44. The Morgan fingerprint density at radius 3 is 2.04 bits per heavy atom. The lowest BCUT2D eigenvalue weighted by Gasteiger charge is -2.42. The van der Waals surface area contributed by atoms with Crippen LogP contribution < -0.4 is 4.74 Å². The van der Waals surface area contributed by atoms with Crippen LogP contribution in [0.4, 0.5) is 0 Å². The van der Waals surface area contributed by atoms with E-state index in [4.69, 9.17) is 21.1 Å². The molecule has 0 amide bonds. The largest absolute Gasteiger partial charge is 0.477 e. The first-order chi connectivity index (χ1) is 12.6. The molecule has 1 N–H and O–H groups in total. The lowest BCUT2D eigenvalue weighted by Crippen LogP contribution is -2.46. The highest BCUT2D eigenvalue weighted by Gasteiger charge is 2.48. The van der Waals surface area contributed by atoms with E-state index in [0.717, 1.165) is 11.1 Å². The molecule has 130 valence electrons. The third-order valence-electron chi connectivity index (χ3n) is 4.40. The monoisotopic (exact) mass is 366 g/mol. The Bertz CT molecular complexity index is 901. The SMILES string of the molecule is O=C(O)C1Oc2ccc(Cl)cc2C(c2ccccc2)(c2ccccc2)O1. The van der Waals surface area contributed by atoms with E-state index in [1.807, 2.05) is 60.7 Å². The van der Waals surface area contributed by atoms with Gasteiger partial charge in [-0.2, -0.15) is 0 Å². The molecule has 0 saturated heterocycles. The van der Waals surface area contributed by atoms with Crippen molar-refractivity contribution >= 4 is 17.6 Å². The Balaban J connectivity index is 2.07. The molecule has 0 fully saturated rings. The molecule has 1 aliphatic rings. The average Bonchev–Trinajstić information content (AvgIpc) is 2.68. The zero-order valence-corrected chi connectivity index (χ0v) is 14.4. The molecule has 0 spiro atoms. The molecule has 3 aromatic rings. The van der Waals surface area contributed by atoms with Gasteiger partial charge in [0.05, 0.1) is 0 Å². The van der Waals surface area contributed by atoms with Gasteiger partial charge in [0.1, 0.15) is 5.75 Å². The number of hydrogen-bond acceptors (Lipinski definition) is 3. The third-order valence-corrected chi connectivity index (χ3v) is 4.64. The van der Waals surface area contributed by atoms with Crippen LogP contribution in [0.2, 0.25) is 5.02 Å². The molecular weight excluding hydrogens is 352 g/mol. The number of benzene rings is 3. The van der Waals surface area contributed by atoms with Crippen LogP contribution in [-0.4, -0.2) is 17.4 Å². The van der Waals surface area contributed by atoms with Gasteiger partial charge in [-0.3, -0.25) is 0 Å². The Morgan fingerprint density at radius 1 is 0.923 bits per heavy atom. The van der Waals surface area contributed by atoms with E-state index >= 15 is 0 Å². The van der Waals surface area contributed by atoms with Crippen LogP contribution in [0.15, 0.2) is 78.9 Å². The van der Waals surface area contributed by atoms with Crippen LogP contribution in [0.1, 0.15) is 16.7 Å². The van der Waals surface area contributed by atoms with Crippen molar-refractivity contribution in [3.63, 3.8) is 0 Å². The van der Waals surface area contributed by atoms with E-state index < -0.39 is 17.9 Å². The summed E-state index contributed by atoms with van der Waals surface area (Å²) < 4.78 is 11.7. The van der Waals surface area contributed by atoms with E-state index in [1.165, 1.54) is 0 Å². The summed E-state index contributed by atoms with van der Waals surface area (Å²) in [6, 6.07) is 24.1. The number of halogens is 1. The Kier molecular flexibility index (Phi) is 4.15. The predicted molar refractivity (Wildman–Crippen MR) is 97.4 cm³/mol. The summed E-state index contributed by atoms with van der Waals surface area (Å²) in [5, 5.41) is 10.1. The van der Waals surface area contributed by atoms with Gasteiger partial charge in [0.25, 0.3) is 0 Å². The highest BCUT2D eigenvalue weighted by atomic mass is 35.5. The Labute approximate surface area is 155 Å². The van der Waals surface area contributed by atoms with Crippen LogP contribution in [0.3, 0.4) is 0 Å². The fourth-order valence-corrected chi connectivity index (χ4v) is 3.48. The van der Waals surface area contributed by atoms with Gasteiger partial charge < -0.3 is 14.6 Å². The van der Waals surface area contributed by atoms with Gasteiger partial charge >= 0.3 is 12.3 Å². The second kappa shape index (κ2) is 6.48. The highest BCUT2D eigenvalue weighted by Crippen LogP contribution is 2.48. The van der Waals surface area contributed by atoms with E-state index in [9.17, 15) is 9.90 Å². The van der Waals surface area contributed by atoms with Crippen molar-refractivity contribution in [1.29, 1.82) is 0 Å². The maximum Gasteiger partial charge on any atom is 0.373 e. The molecule has 1 atom stereocenters. The first-order valence-corrected chi connectivity index (χ1v) is 8.47. The van der Waals surface area contributed by atoms with Gasteiger partial charge in [-0.1, -0.05) is 72.3 Å². The minimum absolute atomic E-state index is 0.431. The van der Waals surface area contributed by atoms with Crippen LogP contribution in [0.25, 0.3) is 0 Å². The zero-order valence-electron chi connectivity index (χ0n) is 13.6. The van der Waals surface area contributed by atoms with Gasteiger partial charge in [0.15, 0.2) is 5.60 Å². The summed E-state index contributed by atoms with van der Waals surface area (Å²) in [6.07, 6.45) is -1.44. The quantitative estimate of drug-likeness (QED) is 0.744. The fourth-order valence-electron chi connectivity index (χ4n) is 3.30. The van der Waals surface area contributed by atoms with Gasteiger partial charge in [-0.05, 0) is 29.3 Å². The van der Waals surface area contributed by atoms with E-state index in [0.29, 0.717) is 16.3 Å². The van der Waals surface area contributed by atoms with E-state index in [1.54, 1.807) is 18.2 Å². The lowest BCUT2D eigenvalue weighted by molar-refractivity contribution is -0.196. The molecule has 0 aromatic heterocycles. The molecule has 1 aliphatic heterocycles. The van der Waals surface area contributed by atoms with Gasteiger partial charge in [0, 0.05) is 10.6 Å². The Morgan fingerprint density at radius 2 is 1.50 bits per heavy atom. The molecule has 1 unspecified atom stereocenters. The maximum atomic E-state index is 11.7. The van der Waals surface area contributed by atoms with Crippen LogP contribution >= 0.6 is 11.6 Å². The minimum Gasteiger partial charge on any atom is -0.477 e. The second-order valence-corrected chi connectivity index (χ2v) is 6.40. The summed E-state index contributed by atoms with van der Waals surface area (Å²) >= 11 is 6.25. The standard InChI is InChI=1S/C21H15ClO4/c22-16-11-12-18-17(13-16)21(14-7-3-1-4-8-14,15-9-5-2-6-10-15)26-20(25-18)19(23)24/h1-13,20H,(H,23,24). The number of carboxylic acids is 1. The molecule has 26 heavy (non-hydrogen) atoms. The van der Waals surface area contributed by atoms with Crippen molar-refractivity contribution in [3.8, 4) is 5.75 Å². The number of fused-ring (bicyclic) bond motifs is 1. The van der Waals surface area contributed by atoms with Crippen molar-refractivity contribution in [2.45, 2.75) is 11.9 Å². The molecule has 4 nitrogen and oxygen atoms in total. The van der Waals surface area contributed by atoms with Crippen molar-refractivity contribution in [2.24, 2.45) is 0 Å². The number of carboxylic acid groups (broad SMARTS) is 1. The van der Waals surface area contributed by atoms with Gasteiger partial charge in [-0.25, -0.2) is 4.79 Å². The summed E-state index contributed by atoms with van der Waals surface area (Å²) in [4.78, 5) is 11.7.